The van der Waals surface area contributed by atoms with Crippen molar-refractivity contribution >= 4 is 18.1 Å². The Bertz CT molecular complexity index is 1280. The van der Waals surface area contributed by atoms with Gasteiger partial charge in [-0.05, 0) is 49.8 Å². The number of carbonyl (C=O) groups excluding carboxylic acids is 1. The maximum Gasteiger partial charge on any atom is 0.277 e. The first-order valence-corrected chi connectivity index (χ1v) is 8.47. The highest BCUT2D eigenvalue weighted by Crippen LogP contribution is 2.21. The van der Waals surface area contributed by atoms with E-state index in [0.717, 1.165) is 16.3 Å². The number of rotatable bonds is 2. The molecule has 0 radical (unpaired) electrons. The van der Waals surface area contributed by atoms with Crippen molar-refractivity contribution in [2.45, 2.75) is 13.8 Å². The molecular weight excluding hydrogens is 342 g/mol. The highest BCUT2D eigenvalue weighted by Gasteiger charge is 2.17. The lowest BCUT2D eigenvalue weighted by atomic mass is 10.0. The largest absolute Gasteiger partial charge is 0.493 e. The van der Waals surface area contributed by atoms with Gasteiger partial charge in [-0.15, -0.1) is 0 Å². The maximum absolute atomic E-state index is 12.4. The molecule has 2 N–H and O–H groups in total. The number of benzene rings is 2. The van der Waals surface area contributed by atoms with Crippen LogP contribution in [0.5, 0.6) is 5.88 Å². The molecule has 1 aromatic heterocycles. The molecule has 1 aliphatic rings. The van der Waals surface area contributed by atoms with Crippen molar-refractivity contribution in [2.24, 2.45) is 4.99 Å². The number of nitrogens with one attached hydrogen (secondary N) is 1. The Hall–Kier alpha value is -3.67. The van der Waals surface area contributed by atoms with Gasteiger partial charge in [0.1, 0.15) is 5.56 Å². The summed E-state index contributed by atoms with van der Waals surface area (Å²) >= 11 is 0. The number of aryl methyl sites for hydroxylation is 2. The summed E-state index contributed by atoms with van der Waals surface area (Å²) in [7, 11) is 0. The Morgan fingerprint density at radius 2 is 1.85 bits per heavy atom. The van der Waals surface area contributed by atoms with Crippen molar-refractivity contribution in [1.82, 2.24) is 9.78 Å². The topological polar surface area (TPSA) is 87.5 Å². The van der Waals surface area contributed by atoms with Crippen LogP contribution in [0.2, 0.25) is 0 Å². The molecular formula is C21H17N3O3. The summed E-state index contributed by atoms with van der Waals surface area (Å²) in [5.41, 5.74) is 2.36. The third-order valence-corrected chi connectivity index (χ3v) is 4.47. The number of hydrogen-bond acceptors (Lipinski definition) is 3. The van der Waals surface area contributed by atoms with E-state index in [9.17, 15) is 14.7 Å². The Labute approximate surface area is 154 Å². The van der Waals surface area contributed by atoms with Crippen LogP contribution in [0.1, 0.15) is 16.7 Å². The highest BCUT2D eigenvalue weighted by atomic mass is 16.3. The van der Waals surface area contributed by atoms with Gasteiger partial charge >= 0.3 is 0 Å². The minimum Gasteiger partial charge on any atom is -0.493 e. The molecule has 3 aromatic rings. The summed E-state index contributed by atoms with van der Waals surface area (Å²) < 4.78 is 1.28. The smallest absolute Gasteiger partial charge is 0.277 e. The van der Waals surface area contributed by atoms with Crippen LogP contribution >= 0.6 is 0 Å². The van der Waals surface area contributed by atoms with Crippen LogP contribution in [-0.2, 0) is 4.79 Å². The second-order valence-electron chi connectivity index (χ2n) is 6.53. The number of para-hydroxylation sites is 1. The van der Waals surface area contributed by atoms with Crippen molar-refractivity contribution < 1.29 is 9.90 Å². The summed E-state index contributed by atoms with van der Waals surface area (Å²) in [4.78, 5) is 28.9. The second-order valence-corrected chi connectivity index (χ2v) is 6.53. The summed E-state index contributed by atoms with van der Waals surface area (Å²) in [6.07, 6.45) is 3.07. The van der Waals surface area contributed by atoms with E-state index in [1.807, 2.05) is 32.0 Å². The van der Waals surface area contributed by atoms with E-state index in [1.165, 1.54) is 10.8 Å². The average molecular weight is 359 g/mol. The molecule has 4 rings (SSSR count). The fourth-order valence-electron chi connectivity index (χ4n) is 3.24. The molecule has 0 bridgehead atoms. The van der Waals surface area contributed by atoms with Crippen LogP contribution < -0.4 is 16.1 Å². The molecule has 2 aromatic carbocycles. The van der Waals surface area contributed by atoms with Gasteiger partial charge in [-0.3, -0.25) is 14.7 Å². The predicted octanol–water partition coefficient (Wildman–Crippen LogP) is 1.51. The van der Waals surface area contributed by atoms with E-state index in [0.29, 0.717) is 11.0 Å². The fourth-order valence-corrected chi connectivity index (χ4v) is 3.24. The van der Waals surface area contributed by atoms with E-state index in [2.05, 4.69) is 10.1 Å². The molecule has 0 fully saturated rings. The molecule has 1 amide bonds. The lowest BCUT2D eigenvalue weighted by Gasteiger charge is -2.06. The highest BCUT2D eigenvalue weighted by molar-refractivity contribution is 6.07. The van der Waals surface area contributed by atoms with E-state index in [-0.39, 0.29) is 17.0 Å². The molecule has 134 valence electrons. The first kappa shape index (κ1) is 16.8. The maximum atomic E-state index is 12.4. The molecule has 0 saturated heterocycles. The Morgan fingerprint density at radius 3 is 2.59 bits per heavy atom. The lowest BCUT2D eigenvalue weighted by Crippen LogP contribution is -2.33. The van der Waals surface area contributed by atoms with Gasteiger partial charge in [-0.1, -0.05) is 29.8 Å². The van der Waals surface area contributed by atoms with Crippen molar-refractivity contribution in [1.29, 1.82) is 0 Å². The number of hydrogen-bond donors (Lipinski definition) is 2. The van der Waals surface area contributed by atoms with Crippen LogP contribution in [0.4, 0.5) is 0 Å². The molecule has 1 aliphatic heterocycles. The molecule has 0 saturated carbocycles. The van der Waals surface area contributed by atoms with Gasteiger partial charge in [-0.25, -0.2) is 9.67 Å². The van der Waals surface area contributed by atoms with Crippen LogP contribution in [0.3, 0.4) is 0 Å². The third kappa shape index (κ3) is 2.91. The van der Waals surface area contributed by atoms with Gasteiger partial charge in [-0.2, -0.15) is 0 Å². The summed E-state index contributed by atoms with van der Waals surface area (Å²) in [6, 6.07) is 12.8. The van der Waals surface area contributed by atoms with Crippen LogP contribution in [0.15, 0.2) is 57.8 Å². The third-order valence-electron chi connectivity index (χ3n) is 4.47. The summed E-state index contributed by atoms with van der Waals surface area (Å²) in [5.74, 6) is -0.702. The van der Waals surface area contributed by atoms with Crippen molar-refractivity contribution in [2.75, 3.05) is 0 Å². The van der Waals surface area contributed by atoms with E-state index >= 15 is 0 Å². The number of aromatic hydroxyl groups is 1. The summed E-state index contributed by atoms with van der Waals surface area (Å²) in [5, 5.41) is 14.5. The molecule has 0 spiro atoms. The number of amides is 1. The molecule has 27 heavy (non-hydrogen) atoms. The number of nitrogens with zero attached hydrogens (tertiary/aromatic N) is 2. The molecule has 6 nitrogen and oxygen atoms in total. The van der Waals surface area contributed by atoms with Gasteiger partial charge in [0.15, 0.2) is 0 Å². The fraction of sp³-hybridized carbons (Fsp3) is 0.0952. The standard InChI is InChI=1S/C21H17N3O3/c1-12-8-13(2)18-14(9-12)10-15(19(25)22-18)11-17-20(26)23-24(21(17)27)16-6-4-3-5-7-16/h3-11,27H,1-2H3,(H,23,26). The Kier molecular flexibility index (Phi) is 3.88. The minimum atomic E-state index is -0.490. The van der Waals surface area contributed by atoms with Gasteiger partial charge in [0, 0.05) is 10.8 Å². The van der Waals surface area contributed by atoms with Crippen LogP contribution in [-0.4, -0.2) is 20.8 Å². The zero-order chi connectivity index (χ0) is 19.1. The molecule has 0 unspecified atom stereocenters. The first-order valence-electron chi connectivity index (χ1n) is 8.47. The van der Waals surface area contributed by atoms with Crippen LogP contribution in [0.25, 0.3) is 17.8 Å². The molecule has 0 atom stereocenters. The minimum absolute atomic E-state index is 0.0153. The predicted molar refractivity (Wildman–Crippen MR) is 102 cm³/mol. The van der Waals surface area contributed by atoms with E-state index in [1.54, 1.807) is 30.3 Å². The Morgan fingerprint density at radius 1 is 1.11 bits per heavy atom. The van der Waals surface area contributed by atoms with E-state index < -0.39 is 11.5 Å². The van der Waals surface area contributed by atoms with Gasteiger partial charge in [0.25, 0.3) is 11.5 Å². The number of carbonyl (C=O) groups is 1. The molecule has 2 heterocycles. The normalized spacial score (nSPS) is 14.6. The lowest BCUT2D eigenvalue weighted by molar-refractivity contribution is -0.114. The number of aromatic nitrogens is 2. The number of aromatic amines is 1. The van der Waals surface area contributed by atoms with Crippen molar-refractivity contribution in [3.8, 4) is 11.6 Å². The Balaban J connectivity index is 1.88. The first-order chi connectivity index (χ1) is 12.9. The zero-order valence-corrected chi connectivity index (χ0v) is 14.9. The number of fused-ring (bicyclic) bond motifs is 1. The average Bonchev–Trinajstić information content (AvgIpc) is 2.92. The van der Waals surface area contributed by atoms with Gasteiger partial charge in [0.05, 0.1) is 11.0 Å². The van der Waals surface area contributed by atoms with E-state index in [4.69, 9.17) is 0 Å². The quantitative estimate of drug-likeness (QED) is 0.680. The van der Waals surface area contributed by atoms with Crippen LogP contribution in [0, 0.1) is 13.8 Å². The van der Waals surface area contributed by atoms with Gasteiger partial charge in [0.2, 0.25) is 5.88 Å². The molecule has 0 aliphatic carbocycles. The zero-order valence-electron chi connectivity index (χ0n) is 14.9. The number of H-pyrrole nitrogens is 1. The second kappa shape index (κ2) is 6.25. The van der Waals surface area contributed by atoms with Gasteiger partial charge < -0.3 is 5.11 Å². The SMILES string of the molecule is Cc1cc(C)c2c(c1)=CC(=Cc1c(O)n(-c3ccccc3)[nH]c1=O)C(=O)N=2. The monoisotopic (exact) mass is 359 g/mol. The van der Waals surface area contributed by atoms with Crippen molar-refractivity contribution in [3.63, 3.8) is 0 Å². The molecule has 6 heteroatoms. The van der Waals surface area contributed by atoms with Crippen molar-refractivity contribution in [3.05, 3.63) is 85.7 Å². The summed E-state index contributed by atoms with van der Waals surface area (Å²) in [6.45, 7) is 3.87.